The smallest absolute Gasteiger partial charge is 0.200 e. The quantitative estimate of drug-likeness (QED) is 0.391. The van der Waals surface area contributed by atoms with E-state index < -0.39 is 6.67 Å². The van der Waals surface area contributed by atoms with Crippen molar-refractivity contribution in [3.05, 3.63) is 59.7 Å². The van der Waals surface area contributed by atoms with E-state index in [2.05, 4.69) is 5.32 Å². The molecule has 0 amide bonds. The van der Waals surface area contributed by atoms with Crippen molar-refractivity contribution in [2.45, 2.75) is 13.8 Å². The topological polar surface area (TPSA) is 66.2 Å². The van der Waals surface area contributed by atoms with Crippen LogP contribution in [0.2, 0.25) is 0 Å². The number of aryl methyl sites for hydroxylation is 2. The van der Waals surface area contributed by atoms with Crippen molar-refractivity contribution in [1.82, 2.24) is 9.38 Å². The first-order valence-electron chi connectivity index (χ1n) is 11.1. The van der Waals surface area contributed by atoms with Crippen LogP contribution in [0, 0.1) is 13.8 Å². The van der Waals surface area contributed by atoms with Crippen LogP contribution in [0.1, 0.15) is 11.1 Å². The average molecular weight is 464 g/mol. The summed E-state index contributed by atoms with van der Waals surface area (Å²) < 4.78 is 37.1. The number of rotatable bonds is 7. The highest BCUT2D eigenvalue weighted by Crippen LogP contribution is 2.40. The highest BCUT2D eigenvalue weighted by Gasteiger charge is 2.21. The van der Waals surface area contributed by atoms with Crippen LogP contribution in [0.15, 0.2) is 48.5 Å². The molecule has 0 atom stereocenters. The molecule has 1 aliphatic heterocycles. The van der Waals surface area contributed by atoms with Gasteiger partial charge < -0.3 is 24.3 Å². The van der Waals surface area contributed by atoms with Gasteiger partial charge in [-0.2, -0.15) is 0 Å². The van der Waals surface area contributed by atoms with Gasteiger partial charge in [0, 0.05) is 17.3 Å². The summed E-state index contributed by atoms with van der Waals surface area (Å²) in [5.74, 6) is 3.46. The van der Waals surface area contributed by atoms with Crippen LogP contribution in [0.3, 0.4) is 0 Å². The van der Waals surface area contributed by atoms with Crippen molar-refractivity contribution in [3.63, 3.8) is 0 Å². The van der Waals surface area contributed by atoms with Gasteiger partial charge in [0.25, 0.3) is 0 Å². The zero-order chi connectivity index (χ0) is 23.7. The first-order chi connectivity index (χ1) is 16.6. The van der Waals surface area contributed by atoms with E-state index in [1.54, 1.807) is 7.11 Å². The molecule has 3 heterocycles. The molecule has 0 fully saturated rings. The molecule has 34 heavy (non-hydrogen) atoms. The molecule has 0 unspecified atom stereocenters. The van der Waals surface area contributed by atoms with E-state index >= 15 is 0 Å². The Morgan fingerprint density at radius 3 is 2.53 bits per heavy atom. The van der Waals surface area contributed by atoms with Gasteiger partial charge in [0.2, 0.25) is 5.88 Å². The van der Waals surface area contributed by atoms with Crippen LogP contribution in [0.5, 0.6) is 23.1 Å². The van der Waals surface area contributed by atoms with E-state index in [-0.39, 0.29) is 6.61 Å². The average Bonchev–Trinajstić information content (AvgIpc) is 3.20. The van der Waals surface area contributed by atoms with Crippen LogP contribution in [-0.4, -0.2) is 43.0 Å². The monoisotopic (exact) mass is 463 g/mol. The van der Waals surface area contributed by atoms with Gasteiger partial charge in [-0.1, -0.05) is 6.07 Å². The molecule has 0 saturated heterocycles. The summed E-state index contributed by atoms with van der Waals surface area (Å²) in [6, 6.07) is 15.3. The van der Waals surface area contributed by atoms with Gasteiger partial charge in [-0.05, 0) is 61.4 Å². The molecule has 7 nitrogen and oxygen atoms in total. The Bertz CT molecular complexity index is 1330. The molecule has 5 rings (SSSR count). The third-order valence-corrected chi connectivity index (χ3v) is 5.71. The minimum atomic E-state index is -0.532. The Morgan fingerprint density at radius 2 is 1.79 bits per heavy atom. The van der Waals surface area contributed by atoms with Gasteiger partial charge >= 0.3 is 0 Å². The van der Waals surface area contributed by atoms with E-state index in [0.717, 1.165) is 45.3 Å². The summed E-state index contributed by atoms with van der Waals surface area (Å²) in [5, 5.41) is 3.53. The standard InChI is InChI=1S/C26H26FN3O4/c1-16-13-19(32-10-9-27)14-17(2)24(16)25-26(30-22(29-25)5-4-6-23(30)31-3)28-18-7-8-20-21(15-18)34-12-11-33-20/h4-8,13-15,28H,9-12H2,1-3H3. The van der Waals surface area contributed by atoms with Crippen LogP contribution in [0.25, 0.3) is 16.9 Å². The third kappa shape index (κ3) is 3.96. The predicted octanol–water partition coefficient (Wildman–Crippen LogP) is 5.49. The van der Waals surface area contributed by atoms with Crippen LogP contribution in [-0.2, 0) is 0 Å². The summed E-state index contributed by atoms with van der Waals surface area (Å²) in [6.45, 7) is 4.55. The highest BCUT2D eigenvalue weighted by molar-refractivity contribution is 5.84. The summed E-state index contributed by atoms with van der Waals surface area (Å²) in [6.07, 6.45) is 0. The van der Waals surface area contributed by atoms with E-state index in [4.69, 9.17) is 23.9 Å². The summed E-state index contributed by atoms with van der Waals surface area (Å²) in [4.78, 5) is 4.95. The van der Waals surface area contributed by atoms with E-state index in [1.165, 1.54) is 0 Å². The van der Waals surface area contributed by atoms with Gasteiger partial charge in [-0.3, -0.25) is 0 Å². The molecule has 0 spiro atoms. The summed E-state index contributed by atoms with van der Waals surface area (Å²) in [5.41, 5.74) is 5.26. The molecule has 1 N–H and O–H groups in total. The number of hydrogen-bond donors (Lipinski definition) is 1. The number of methoxy groups -OCH3 is 1. The molecule has 176 valence electrons. The number of nitrogens with zero attached hydrogens (tertiary/aromatic N) is 2. The molecule has 0 saturated carbocycles. The van der Waals surface area contributed by atoms with Gasteiger partial charge in [0.15, 0.2) is 11.5 Å². The highest BCUT2D eigenvalue weighted by atomic mass is 19.1. The van der Waals surface area contributed by atoms with Crippen molar-refractivity contribution in [1.29, 1.82) is 0 Å². The maximum absolute atomic E-state index is 12.6. The zero-order valence-electron chi connectivity index (χ0n) is 19.4. The third-order valence-electron chi connectivity index (χ3n) is 5.71. The number of nitrogens with one attached hydrogen (secondary N) is 1. The lowest BCUT2D eigenvalue weighted by Gasteiger charge is -2.20. The maximum atomic E-state index is 12.6. The number of alkyl halides is 1. The Kier molecular flexibility index (Phi) is 5.88. The fraction of sp³-hybridized carbons (Fsp3) is 0.269. The van der Waals surface area contributed by atoms with Crippen molar-refractivity contribution >= 4 is 17.2 Å². The van der Waals surface area contributed by atoms with Crippen molar-refractivity contribution in [2.75, 3.05) is 38.9 Å². The largest absolute Gasteiger partial charge is 0.491 e. The second-order valence-corrected chi connectivity index (χ2v) is 8.02. The number of fused-ring (bicyclic) bond motifs is 2. The number of pyridine rings is 1. The molecule has 2 aromatic heterocycles. The Balaban J connectivity index is 1.66. The number of ether oxygens (including phenoxy) is 4. The molecule has 8 heteroatoms. The Hall–Kier alpha value is -3.94. The second-order valence-electron chi connectivity index (χ2n) is 8.02. The van der Waals surface area contributed by atoms with Gasteiger partial charge in [-0.15, -0.1) is 0 Å². The van der Waals surface area contributed by atoms with Crippen LogP contribution >= 0.6 is 0 Å². The molecule has 0 bridgehead atoms. The van der Waals surface area contributed by atoms with Crippen molar-refractivity contribution in [2.24, 2.45) is 0 Å². The number of benzene rings is 2. The van der Waals surface area contributed by atoms with Crippen molar-refractivity contribution < 1.29 is 23.3 Å². The molecule has 0 aliphatic carbocycles. The minimum absolute atomic E-state index is 0.0285. The van der Waals surface area contributed by atoms with Gasteiger partial charge in [0.1, 0.15) is 49.4 Å². The zero-order valence-corrected chi connectivity index (χ0v) is 19.4. The molecule has 1 aliphatic rings. The number of hydrogen-bond acceptors (Lipinski definition) is 6. The number of imidazole rings is 1. The number of halogens is 1. The van der Waals surface area contributed by atoms with Crippen LogP contribution < -0.4 is 24.3 Å². The van der Waals surface area contributed by atoms with E-state index in [1.807, 2.05) is 66.8 Å². The summed E-state index contributed by atoms with van der Waals surface area (Å²) in [7, 11) is 1.63. The fourth-order valence-electron chi connectivity index (χ4n) is 4.31. The lowest BCUT2D eigenvalue weighted by Crippen LogP contribution is -2.15. The Morgan fingerprint density at radius 1 is 1.03 bits per heavy atom. The Labute approximate surface area is 197 Å². The number of anilines is 2. The maximum Gasteiger partial charge on any atom is 0.200 e. The van der Waals surface area contributed by atoms with Gasteiger partial charge in [-0.25, -0.2) is 13.8 Å². The number of aromatic nitrogens is 2. The SMILES string of the molecule is COc1cccc2nc(-c3c(C)cc(OCCF)cc3C)c(Nc3ccc4c(c3)OCCO4)n12. The molecule has 0 radical (unpaired) electrons. The molecular weight excluding hydrogens is 437 g/mol. The molecule has 2 aromatic carbocycles. The van der Waals surface area contributed by atoms with E-state index in [9.17, 15) is 4.39 Å². The van der Waals surface area contributed by atoms with Crippen molar-refractivity contribution in [3.8, 4) is 34.4 Å². The first-order valence-corrected chi connectivity index (χ1v) is 11.1. The lowest BCUT2D eigenvalue weighted by atomic mass is 9.99. The van der Waals surface area contributed by atoms with Gasteiger partial charge in [0.05, 0.1) is 7.11 Å². The normalized spacial score (nSPS) is 12.6. The fourth-order valence-corrected chi connectivity index (χ4v) is 4.31. The van der Waals surface area contributed by atoms with E-state index in [0.29, 0.717) is 30.6 Å². The minimum Gasteiger partial charge on any atom is -0.491 e. The molecular formula is C26H26FN3O4. The second kappa shape index (κ2) is 9.13. The molecule has 4 aromatic rings. The summed E-state index contributed by atoms with van der Waals surface area (Å²) >= 11 is 0. The predicted molar refractivity (Wildman–Crippen MR) is 129 cm³/mol. The lowest BCUT2D eigenvalue weighted by molar-refractivity contribution is 0.171. The van der Waals surface area contributed by atoms with Crippen LogP contribution in [0.4, 0.5) is 15.9 Å². The first kappa shape index (κ1) is 21.9.